The standard InChI is InChI=1S/C16H23ClN2O2S/c1-2-3-11-4-6-14(17)16(8-11)22(20,21)19-9-12-5-7-15(18)13(12)10-19/h4,6,8,12-13,15H,2-3,5,7,9-10,18H2,1H3. The van der Waals surface area contributed by atoms with Crippen molar-refractivity contribution < 1.29 is 8.42 Å². The molecule has 1 aliphatic heterocycles. The van der Waals surface area contributed by atoms with Gasteiger partial charge in [-0.05, 0) is 48.8 Å². The zero-order valence-electron chi connectivity index (χ0n) is 12.8. The first kappa shape index (κ1) is 16.2. The number of aryl methyl sites for hydroxylation is 1. The van der Waals surface area contributed by atoms with Gasteiger partial charge in [0.05, 0.1) is 5.02 Å². The van der Waals surface area contributed by atoms with Crippen LogP contribution in [0.15, 0.2) is 23.1 Å². The van der Waals surface area contributed by atoms with Gasteiger partial charge in [-0.15, -0.1) is 0 Å². The Hall–Kier alpha value is -0.620. The molecule has 0 radical (unpaired) electrons. The van der Waals surface area contributed by atoms with Gasteiger partial charge in [0, 0.05) is 19.1 Å². The summed E-state index contributed by atoms with van der Waals surface area (Å²) in [6.07, 6.45) is 3.87. The third-order valence-corrected chi connectivity index (χ3v) is 7.34. The maximum atomic E-state index is 13.0. The number of sulfonamides is 1. The number of hydrogen-bond acceptors (Lipinski definition) is 3. The summed E-state index contributed by atoms with van der Waals surface area (Å²) in [5, 5.41) is 0.307. The molecule has 2 N–H and O–H groups in total. The maximum Gasteiger partial charge on any atom is 0.244 e. The number of hydrogen-bond donors (Lipinski definition) is 1. The Morgan fingerprint density at radius 3 is 2.77 bits per heavy atom. The quantitative estimate of drug-likeness (QED) is 0.914. The smallest absolute Gasteiger partial charge is 0.244 e. The van der Waals surface area contributed by atoms with E-state index in [2.05, 4.69) is 6.92 Å². The fourth-order valence-corrected chi connectivity index (χ4v) is 5.85. The molecule has 122 valence electrons. The largest absolute Gasteiger partial charge is 0.327 e. The van der Waals surface area contributed by atoms with Crippen LogP contribution in [0.5, 0.6) is 0 Å². The fourth-order valence-electron chi connectivity index (χ4n) is 3.79. The van der Waals surface area contributed by atoms with Crippen LogP contribution in [0.2, 0.25) is 5.02 Å². The molecular weight excluding hydrogens is 320 g/mol. The lowest BCUT2D eigenvalue weighted by Crippen LogP contribution is -2.33. The molecule has 3 unspecified atom stereocenters. The van der Waals surface area contributed by atoms with E-state index < -0.39 is 10.0 Å². The van der Waals surface area contributed by atoms with E-state index in [0.29, 0.717) is 29.9 Å². The predicted molar refractivity (Wildman–Crippen MR) is 88.4 cm³/mol. The van der Waals surface area contributed by atoms with Gasteiger partial charge in [-0.1, -0.05) is 31.0 Å². The number of fused-ring (bicyclic) bond motifs is 1. The summed E-state index contributed by atoms with van der Waals surface area (Å²) in [6.45, 7) is 3.18. The minimum absolute atomic E-state index is 0.132. The summed E-state index contributed by atoms with van der Waals surface area (Å²) in [5.41, 5.74) is 7.13. The molecule has 3 rings (SSSR count). The van der Waals surface area contributed by atoms with Crippen molar-refractivity contribution >= 4 is 21.6 Å². The Bertz CT molecular complexity index is 662. The highest BCUT2D eigenvalue weighted by molar-refractivity contribution is 7.89. The first-order valence-corrected chi connectivity index (χ1v) is 9.79. The average Bonchev–Trinajstić information content (AvgIpc) is 3.04. The molecule has 2 aliphatic rings. The lowest BCUT2D eigenvalue weighted by Gasteiger charge is -2.19. The van der Waals surface area contributed by atoms with Crippen molar-refractivity contribution in [3.8, 4) is 0 Å². The van der Waals surface area contributed by atoms with Gasteiger partial charge < -0.3 is 5.73 Å². The molecule has 4 nitrogen and oxygen atoms in total. The Morgan fingerprint density at radius 2 is 2.09 bits per heavy atom. The van der Waals surface area contributed by atoms with E-state index in [0.717, 1.165) is 31.2 Å². The first-order chi connectivity index (χ1) is 10.4. The molecule has 0 amide bonds. The summed E-state index contributed by atoms with van der Waals surface area (Å²) < 4.78 is 27.5. The van der Waals surface area contributed by atoms with E-state index >= 15 is 0 Å². The molecule has 6 heteroatoms. The summed E-state index contributed by atoms with van der Waals surface area (Å²) in [4.78, 5) is 0.244. The second kappa shape index (κ2) is 6.11. The van der Waals surface area contributed by atoms with Crippen LogP contribution in [0, 0.1) is 11.8 Å². The summed E-state index contributed by atoms with van der Waals surface area (Å²) in [6, 6.07) is 5.46. The molecule has 2 fully saturated rings. The van der Waals surface area contributed by atoms with Gasteiger partial charge >= 0.3 is 0 Å². The van der Waals surface area contributed by atoms with E-state index in [1.54, 1.807) is 16.4 Å². The van der Waals surface area contributed by atoms with E-state index in [-0.39, 0.29) is 10.9 Å². The molecule has 1 saturated carbocycles. The molecule has 0 spiro atoms. The van der Waals surface area contributed by atoms with E-state index in [1.807, 2.05) is 6.07 Å². The van der Waals surface area contributed by atoms with E-state index in [1.165, 1.54) is 0 Å². The molecule has 1 aromatic carbocycles. The molecule has 0 aromatic heterocycles. The van der Waals surface area contributed by atoms with Crippen molar-refractivity contribution in [1.82, 2.24) is 4.31 Å². The molecule has 1 saturated heterocycles. The number of halogens is 1. The zero-order valence-corrected chi connectivity index (χ0v) is 14.4. The van der Waals surface area contributed by atoms with E-state index in [4.69, 9.17) is 17.3 Å². The molecule has 1 aliphatic carbocycles. The Morgan fingerprint density at radius 1 is 1.32 bits per heavy atom. The maximum absolute atomic E-state index is 13.0. The van der Waals surface area contributed by atoms with Crippen molar-refractivity contribution in [2.75, 3.05) is 13.1 Å². The third kappa shape index (κ3) is 2.80. The number of rotatable bonds is 4. The topological polar surface area (TPSA) is 63.4 Å². The zero-order chi connectivity index (χ0) is 15.9. The Balaban J connectivity index is 1.89. The van der Waals surface area contributed by atoms with Crippen molar-refractivity contribution in [3.05, 3.63) is 28.8 Å². The van der Waals surface area contributed by atoms with Crippen LogP contribution in [0.3, 0.4) is 0 Å². The summed E-state index contributed by atoms with van der Waals surface area (Å²) in [7, 11) is -3.53. The lowest BCUT2D eigenvalue weighted by atomic mass is 9.98. The highest BCUT2D eigenvalue weighted by Crippen LogP contribution is 2.40. The normalized spacial score (nSPS) is 29.0. The van der Waals surface area contributed by atoms with Crippen LogP contribution in [-0.2, 0) is 16.4 Å². The number of nitrogens with two attached hydrogens (primary N) is 1. The summed E-state index contributed by atoms with van der Waals surface area (Å²) >= 11 is 6.18. The third-order valence-electron chi connectivity index (χ3n) is 5.03. The van der Waals surface area contributed by atoms with Gasteiger partial charge in [-0.2, -0.15) is 4.31 Å². The van der Waals surface area contributed by atoms with E-state index in [9.17, 15) is 8.42 Å². The highest BCUT2D eigenvalue weighted by atomic mass is 35.5. The van der Waals surface area contributed by atoms with Crippen LogP contribution >= 0.6 is 11.6 Å². The monoisotopic (exact) mass is 342 g/mol. The fraction of sp³-hybridized carbons (Fsp3) is 0.625. The van der Waals surface area contributed by atoms with Crippen LogP contribution < -0.4 is 5.73 Å². The first-order valence-electron chi connectivity index (χ1n) is 7.97. The minimum atomic E-state index is -3.53. The van der Waals surface area contributed by atoms with Crippen molar-refractivity contribution in [1.29, 1.82) is 0 Å². The van der Waals surface area contributed by atoms with Crippen LogP contribution in [0.4, 0.5) is 0 Å². The van der Waals surface area contributed by atoms with Gasteiger partial charge in [0.25, 0.3) is 0 Å². The Kier molecular flexibility index (Phi) is 4.52. The van der Waals surface area contributed by atoms with Gasteiger partial charge in [-0.3, -0.25) is 0 Å². The molecule has 1 aromatic rings. The van der Waals surface area contributed by atoms with Crippen molar-refractivity contribution in [3.63, 3.8) is 0 Å². The summed E-state index contributed by atoms with van der Waals surface area (Å²) in [5.74, 6) is 0.703. The number of benzene rings is 1. The van der Waals surface area contributed by atoms with Crippen molar-refractivity contribution in [2.45, 2.75) is 43.5 Å². The second-order valence-corrected chi connectivity index (χ2v) is 8.82. The van der Waals surface area contributed by atoms with Gasteiger partial charge in [0.15, 0.2) is 0 Å². The molecular formula is C16H23ClN2O2S. The van der Waals surface area contributed by atoms with Gasteiger partial charge in [-0.25, -0.2) is 8.42 Å². The number of nitrogens with zero attached hydrogens (tertiary/aromatic N) is 1. The van der Waals surface area contributed by atoms with Gasteiger partial charge in [0.1, 0.15) is 4.90 Å². The molecule has 22 heavy (non-hydrogen) atoms. The van der Waals surface area contributed by atoms with Crippen molar-refractivity contribution in [2.24, 2.45) is 17.6 Å². The average molecular weight is 343 g/mol. The van der Waals surface area contributed by atoms with Crippen LogP contribution in [-0.4, -0.2) is 31.9 Å². The Labute approximate surface area is 137 Å². The predicted octanol–water partition coefficient (Wildman–Crippen LogP) is 2.65. The SMILES string of the molecule is CCCc1ccc(Cl)c(S(=O)(=O)N2CC3CCC(N)C3C2)c1. The molecule has 1 heterocycles. The molecule has 3 atom stereocenters. The van der Waals surface area contributed by atoms with Gasteiger partial charge in [0.2, 0.25) is 10.0 Å². The molecule has 0 bridgehead atoms. The van der Waals surface area contributed by atoms with Crippen LogP contribution in [0.25, 0.3) is 0 Å². The minimum Gasteiger partial charge on any atom is -0.327 e. The van der Waals surface area contributed by atoms with Crippen LogP contribution in [0.1, 0.15) is 31.7 Å². The lowest BCUT2D eigenvalue weighted by molar-refractivity contribution is 0.427. The highest BCUT2D eigenvalue weighted by Gasteiger charge is 2.45. The second-order valence-electron chi connectivity index (χ2n) is 6.50.